The van der Waals surface area contributed by atoms with Gasteiger partial charge in [-0.25, -0.2) is 14.3 Å². The maximum atomic E-state index is 12.8. The minimum absolute atomic E-state index is 0.293. The minimum atomic E-state index is -0.559. The highest BCUT2D eigenvalue weighted by atomic mass is 16.2. The van der Waals surface area contributed by atoms with Crippen LogP contribution >= 0.6 is 0 Å². The van der Waals surface area contributed by atoms with Gasteiger partial charge in [0.2, 0.25) is 5.91 Å². The molecule has 1 amide bonds. The van der Waals surface area contributed by atoms with Crippen molar-refractivity contribution >= 4 is 17.1 Å². The third-order valence-electron chi connectivity index (χ3n) is 6.71. The zero-order chi connectivity index (χ0) is 23.5. The molecule has 0 atom stereocenters. The molecule has 9 heteroatoms. The predicted octanol–water partition coefficient (Wildman–Crippen LogP) is 1.51. The van der Waals surface area contributed by atoms with Crippen molar-refractivity contribution in [3.05, 3.63) is 62.6 Å². The second-order valence-electron chi connectivity index (χ2n) is 9.01. The molecule has 0 saturated heterocycles. The predicted molar refractivity (Wildman–Crippen MR) is 127 cm³/mol. The van der Waals surface area contributed by atoms with Crippen LogP contribution in [0, 0.1) is 0 Å². The molecular weight excluding hydrogens is 420 g/mol. The summed E-state index contributed by atoms with van der Waals surface area (Å²) in [7, 11) is 5.40. The van der Waals surface area contributed by atoms with Gasteiger partial charge in [0.05, 0.1) is 6.33 Å². The van der Waals surface area contributed by atoms with E-state index < -0.39 is 11.2 Å². The zero-order valence-electron chi connectivity index (χ0n) is 19.6. The Balaban J connectivity index is 1.45. The molecule has 4 rings (SSSR count). The Labute approximate surface area is 192 Å². The quantitative estimate of drug-likeness (QED) is 0.587. The van der Waals surface area contributed by atoms with Crippen LogP contribution in [0.25, 0.3) is 11.2 Å². The van der Waals surface area contributed by atoms with Gasteiger partial charge in [-0.15, -0.1) is 0 Å². The third kappa shape index (κ3) is 4.78. The van der Waals surface area contributed by atoms with E-state index in [9.17, 15) is 14.4 Å². The number of nitrogens with one attached hydrogen (secondary N) is 1. The maximum absolute atomic E-state index is 12.8. The van der Waals surface area contributed by atoms with Gasteiger partial charge in [-0.1, -0.05) is 43.5 Å². The van der Waals surface area contributed by atoms with E-state index in [1.807, 2.05) is 18.2 Å². The Morgan fingerprint density at radius 3 is 2.55 bits per heavy atom. The summed E-state index contributed by atoms with van der Waals surface area (Å²) in [6, 6.07) is 8.69. The van der Waals surface area contributed by atoms with Crippen LogP contribution in [0.2, 0.25) is 0 Å². The zero-order valence-corrected chi connectivity index (χ0v) is 19.6. The monoisotopic (exact) mass is 452 g/mol. The van der Waals surface area contributed by atoms with Crippen molar-refractivity contribution in [2.24, 2.45) is 14.1 Å². The normalized spacial score (nSPS) is 14.8. The van der Waals surface area contributed by atoms with E-state index in [-0.39, 0.29) is 12.5 Å². The molecule has 1 N–H and O–H groups in total. The number of carbonyl (C=O) groups is 1. The number of nitrogens with zero attached hydrogens (tertiary/aromatic N) is 5. The van der Waals surface area contributed by atoms with Crippen LogP contribution in [0.3, 0.4) is 0 Å². The Morgan fingerprint density at radius 1 is 1.12 bits per heavy atom. The van der Waals surface area contributed by atoms with E-state index >= 15 is 0 Å². The number of amides is 1. The van der Waals surface area contributed by atoms with Crippen molar-refractivity contribution in [3.8, 4) is 0 Å². The van der Waals surface area contributed by atoms with Gasteiger partial charge in [0.15, 0.2) is 11.2 Å². The third-order valence-corrected chi connectivity index (χ3v) is 6.71. The Kier molecular flexibility index (Phi) is 6.78. The number of rotatable bonds is 7. The van der Waals surface area contributed by atoms with Gasteiger partial charge in [-0.05, 0) is 31.0 Å². The largest absolute Gasteiger partial charge is 0.350 e. The molecule has 0 spiro atoms. The smallest absolute Gasteiger partial charge is 0.332 e. The average molecular weight is 453 g/mol. The molecule has 1 aliphatic carbocycles. The second kappa shape index (κ2) is 9.74. The molecule has 2 heterocycles. The summed E-state index contributed by atoms with van der Waals surface area (Å²) in [5.74, 6) is -0.383. The van der Waals surface area contributed by atoms with Crippen LogP contribution in [-0.2, 0) is 38.5 Å². The highest BCUT2D eigenvalue weighted by Crippen LogP contribution is 2.23. The molecule has 0 aliphatic heterocycles. The van der Waals surface area contributed by atoms with Gasteiger partial charge in [0.25, 0.3) is 5.56 Å². The molecule has 2 aromatic heterocycles. The fourth-order valence-electron chi connectivity index (χ4n) is 4.73. The first-order chi connectivity index (χ1) is 15.9. The molecule has 9 nitrogen and oxygen atoms in total. The van der Waals surface area contributed by atoms with Gasteiger partial charge in [0, 0.05) is 33.2 Å². The molecule has 1 aliphatic rings. The van der Waals surface area contributed by atoms with Crippen LogP contribution < -0.4 is 16.6 Å². The van der Waals surface area contributed by atoms with Crippen molar-refractivity contribution in [2.75, 3.05) is 7.05 Å². The average Bonchev–Trinajstić information content (AvgIpc) is 3.22. The molecule has 0 radical (unpaired) electrons. The summed E-state index contributed by atoms with van der Waals surface area (Å²) in [4.78, 5) is 44.7. The van der Waals surface area contributed by atoms with Crippen LogP contribution in [0.5, 0.6) is 0 Å². The minimum Gasteiger partial charge on any atom is -0.350 e. The van der Waals surface area contributed by atoms with Gasteiger partial charge in [-0.2, -0.15) is 0 Å². The molecule has 3 aromatic rings. The fourth-order valence-corrected chi connectivity index (χ4v) is 4.73. The number of carbonyl (C=O) groups excluding carboxylic acids is 1. The first-order valence-corrected chi connectivity index (χ1v) is 11.5. The summed E-state index contributed by atoms with van der Waals surface area (Å²) >= 11 is 0. The summed E-state index contributed by atoms with van der Waals surface area (Å²) in [6.45, 7) is 0.834. The number of benzene rings is 1. The molecule has 0 unspecified atom stereocenters. The number of fused-ring (bicyclic) bond motifs is 1. The van der Waals surface area contributed by atoms with E-state index in [0.29, 0.717) is 23.8 Å². The van der Waals surface area contributed by atoms with Crippen molar-refractivity contribution in [1.29, 1.82) is 0 Å². The summed E-state index contributed by atoms with van der Waals surface area (Å²) in [6.07, 6.45) is 7.86. The molecule has 176 valence electrons. The van der Waals surface area contributed by atoms with E-state index in [1.54, 1.807) is 18.7 Å². The fraction of sp³-hybridized carbons (Fsp3) is 0.500. The van der Waals surface area contributed by atoms with Crippen LogP contribution in [0.1, 0.15) is 43.2 Å². The summed E-state index contributed by atoms with van der Waals surface area (Å²) in [5, 5.41) is 2.88. The highest BCUT2D eigenvalue weighted by Gasteiger charge is 2.20. The topological polar surface area (TPSA) is 94.2 Å². The number of hydrogen-bond acceptors (Lipinski definition) is 5. The number of hydrogen-bond donors (Lipinski definition) is 1. The lowest BCUT2D eigenvalue weighted by Gasteiger charge is -2.31. The summed E-state index contributed by atoms with van der Waals surface area (Å²) in [5.41, 5.74) is 1.74. The van der Waals surface area contributed by atoms with Gasteiger partial charge < -0.3 is 9.88 Å². The molecule has 33 heavy (non-hydrogen) atoms. The van der Waals surface area contributed by atoms with Crippen molar-refractivity contribution < 1.29 is 4.79 Å². The Bertz CT molecular complexity index is 1270. The van der Waals surface area contributed by atoms with Crippen molar-refractivity contribution in [2.45, 2.75) is 57.8 Å². The number of aromatic nitrogens is 4. The van der Waals surface area contributed by atoms with E-state index in [0.717, 1.165) is 16.7 Å². The lowest BCUT2D eigenvalue weighted by atomic mass is 9.94. The Morgan fingerprint density at radius 2 is 1.82 bits per heavy atom. The molecular formula is C24H32N6O3. The highest BCUT2D eigenvalue weighted by molar-refractivity contribution is 5.76. The Hall–Kier alpha value is -3.20. The standard InChI is InChI=1S/C24H32N6O3/c1-27(19-11-5-4-6-12-19)14-18-10-8-7-9-17(18)13-25-20(31)15-30-23(32)21-22(26-16-28(21)2)29(3)24(30)33/h7-10,16,19H,4-6,11-15H2,1-3H3,(H,25,31). The molecule has 0 bridgehead atoms. The van der Waals surface area contributed by atoms with Gasteiger partial charge in [0.1, 0.15) is 6.54 Å². The van der Waals surface area contributed by atoms with Crippen LogP contribution in [-0.4, -0.2) is 42.6 Å². The summed E-state index contributed by atoms with van der Waals surface area (Å²) < 4.78 is 3.81. The first-order valence-electron chi connectivity index (χ1n) is 11.5. The van der Waals surface area contributed by atoms with Gasteiger partial charge in [-0.3, -0.25) is 19.1 Å². The van der Waals surface area contributed by atoms with Crippen LogP contribution in [0.4, 0.5) is 0 Å². The SMILES string of the molecule is CN(Cc1ccccc1CNC(=O)Cn1c(=O)c2c(ncn2C)n(C)c1=O)C1CCCCC1. The first kappa shape index (κ1) is 23.0. The molecule has 1 fully saturated rings. The molecule has 1 saturated carbocycles. The maximum Gasteiger partial charge on any atom is 0.332 e. The van der Waals surface area contributed by atoms with E-state index in [2.05, 4.69) is 28.3 Å². The number of imidazole rings is 1. The van der Waals surface area contributed by atoms with Crippen molar-refractivity contribution in [3.63, 3.8) is 0 Å². The van der Waals surface area contributed by atoms with Gasteiger partial charge >= 0.3 is 5.69 Å². The van der Waals surface area contributed by atoms with E-state index in [4.69, 9.17) is 0 Å². The lowest BCUT2D eigenvalue weighted by molar-refractivity contribution is -0.121. The van der Waals surface area contributed by atoms with Crippen LogP contribution in [0.15, 0.2) is 40.2 Å². The molecule has 1 aromatic carbocycles. The van der Waals surface area contributed by atoms with E-state index in [1.165, 1.54) is 48.6 Å². The second-order valence-corrected chi connectivity index (χ2v) is 9.01. The van der Waals surface area contributed by atoms with Crippen molar-refractivity contribution in [1.82, 2.24) is 28.9 Å². The lowest BCUT2D eigenvalue weighted by Crippen LogP contribution is -2.43. The number of aryl methyl sites for hydroxylation is 2.